The fraction of sp³-hybridized carbons (Fsp3) is 0.667. The van der Waals surface area contributed by atoms with Gasteiger partial charge in [-0.15, -0.1) is 0 Å². The normalized spacial score (nSPS) is 10.8. The third-order valence-electron chi connectivity index (χ3n) is 2.49. The molecule has 1 aromatic heterocycles. The summed E-state index contributed by atoms with van der Waals surface area (Å²) in [5.41, 5.74) is 0.928. The van der Waals surface area contributed by atoms with Crippen LogP contribution in [0, 0.1) is 0 Å². The minimum Gasteiger partial charge on any atom is -0.346 e. The molecule has 1 heterocycles. The molecule has 1 aromatic rings. The molecule has 0 aromatic carbocycles. The monoisotopic (exact) mass is 240 g/mol. The molecule has 0 aliphatic heterocycles. The van der Waals surface area contributed by atoms with Gasteiger partial charge in [-0.25, -0.2) is 4.98 Å². The smallest absolute Gasteiger partial charge is 0.186 e. The second kappa shape index (κ2) is 5.99. The van der Waals surface area contributed by atoms with Crippen molar-refractivity contribution in [1.29, 1.82) is 0 Å². The highest BCUT2D eigenvalue weighted by molar-refractivity contribution is 7.17. The molecule has 0 saturated heterocycles. The van der Waals surface area contributed by atoms with E-state index in [1.54, 1.807) is 0 Å². The average molecular weight is 240 g/mol. The number of thiazole rings is 1. The zero-order valence-corrected chi connectivity index (χ0v) is 11.3. The van der Waals surface area contributed by atoms with E-state index in [2.05, 4.69) is 30.7 Å². The van der Waals surface area contributed by atoms with Gasteiger partial charge in [0.15, 0.2) is 11.4 Å². The largest absolute Gasteiger partial charge is 0.346 e. The van der Waals surface area contributed by atoms with Gasteiger partial charge in [0.25, 0.3) is 0 Å². The Morgan fingerprint density at radius 2 is 2.12 bits per heavy atom. The van der Waals surface area contributed by atoms with Crippen LogP contribution in [-0.2, 0) is 6.42 Å². The second-order valence-electron chi connectivity index (χ2n) is 4.07. The van der Waals surface area contributed by atoms with E-state index >= 15 is 0 Å². The first kappa shape index (κ1) is 13.2. The first-order valence-electron chi connectivity index (χ1n) is 5.85. The number of aromatic nitrogens is 1. The van der Waals surface area contributed by atoms with Crippen LogP contribution in [0.3, 0.4) is 0 Å². The van der Waals surface area contributed by atoms with Crippen LogP contribution in [0.1, 0.15) is 49.5 Å². The minimum absolute atomic E-state index is 0.426. The second-order valence-corrected chi connectivity index (χ2v) is 5.08. The van der Waals surface area contributed by atoms with Crippen molar-refractivity contribution in [1.82, 2.24) is 4.98 Å². The van der Waals surface area contributed by atoms with Crippen LogP contribution in [-0.4, -0.2) is 23.9 Å². The number of carbonyl (C=O) groups excluding carboxylic acids is 1. The van der Waals surface area contributed by atoms with Crippen molar-refractivity contribution in [2.45, 2.75) is 46.6 Å². The van der Waals surface area contributed by atoms with Gasteiger partial charge in [0, 0.05) is 12.6 Å². The summed E-state index contributed by atoms with van der Waals surface area (Å²) in [4.78, 5) is 18.5. The van der Waals surface area contributed by atoms with Crippen molar-refractivity contribution in [3.63, 3.8) is 0 Å². The van der Waals surface area contributed by atoms with E-state index in [0.29, 0.717) is 6.04 Å². The molecule has 4 heteroatoms. The highest BCUT2D eigenvalue weighted by Crippen LogP contribution is 2.27. The quantitative estimate of drug-likeness (QED) is 0.716. The Bertz CT molecular complexity index is 347. The van der Waals surface area contributed by atoms with Crippen molar-refractivity contribution in [2.24, 2.45) is 0 Å². The van der Waals surface area contributed by atoms with Gasteiger partial charge in [0.1, 0.15) is 0 Å². The summed E-state index contributed by atoms with van der Waals surface area (Å²) in [6.45, 7) is 9.49. The SMILES string of the molecule is CCCN(c1nc(CC)c(C=O)s1)C(C)C. The van der Waals surface area contributed by atoms with Gasteiger partial charge in [0.2, 0.25) is 0 Å². The number of hydrogen-bond acceptors (Lipinski definition) is 4. The Hall–Kier alpha value is -0.900. The van der Waals surface area contributed by atoms with Gasteiger partial charge in [0.05, 0.1) is 10.6 Å². The number of rotatable bonds is 6. The fourth-order valence-electron chi connectivity index (χ4n) is 1.63. The average Bonchev–Trinajstić information content (AvgIpc) is 2.68. The van der Waals surface area contributed by atoms with E-state index in [1.807, 2.05) is 6.92 Å². The summed E-state index contributed by atoms with van der Waals surface area (Å²) in [5.74, 6) is 0. The zero-order valence-electron chi connectivity index (χ0n) is 10.5. The van der Waals surface area contributed by atoms with Crippen LogP contribution < -0.4 is 4.90 Å². The van der Waals surface area contributed by atoms with Gasteiger partial charge in [-0.05, 0) is 26.7 Å². The number of hydrogen-bond donors (Lipinski definition) is 0. The van der Waals surface area contributed by atoms with Crippen LogP contribution in [0.25, 0.3) is 0 Å². The van der Waals surface area contributed by atoms with E-state index in [0.717, 1.165) is 41.4 Å². The number of aldehydes is 1. The lowest BCUT2D eigenvalue weighted by atomic mass is 10.3. The number of anilines is 1. The summed E-state index contributed by atoms with van der Waals surface area (Å²) >= 11 is 1.51. The fourth-order valence-corrected chi connectivity index (χ4v) is 2.76. The van der Waals surface area contributed by atoms with E-state index in [9.17, 15) is 4.79 Å². The van der Waals surface area contributed by atoms with Crippen LogP contribution >= 0.6 is 11.3 Å². The standard InChI is InChI=1S/C12H20N2OS/c1-5-7-14(9(3)4)12-13-10(6-2)11(8-15)16-12/h8-9H,5-7H2,1-4H3. The van der Waals surface area contributed by atoms with Gasteiger partial charge < -0.3 is 4.90 Å². The summed E-state index contributed by atoms with van der Waals surface area (Å²) < 4.78 is 0. The van der Waals surface area contributed by atoms with Gasteiger partial charge >= 0.3 is 0 Å². The molecule has 0 aliphatic rings. The maximum atomic E-state index is 10.9. The summed E-state index contributed by atoms with van der Waals surface area (Å²) in [6, 6.07) is 0.426. The lowest BCUT2D eigenvalue weighted by Crippen LogP contribution is -2.31. The molecule has 0 aliphatic carbocycles. The Balaban J connectivity index is 3.00. The molecule has 0 bridgehead atoms. The lowest BCUT2D eigenvalue weighted by Gasteiger charge is -2.25. The molecule has 0 spiro atoms. The molecular weight excluding hydrogens is 220 g/mol. The number of carbonyl (C=O) groups is 1. The Labute approximate surface area is 101 Å². The molecule has 90 valence electrons. The molecule has 3 nitrogen and oxygen atoms in total. The Morgan fingerprint density at radius 1 is 1.44 bits per heavy atom. The Morgan fingerprint density at radius 3 is 2.50 bits per heavy atom. The zero-order chi connectivity index (χ0) is 12.1. The third-order valence-corrected chi connectivity index (χ3v) is 3.55. The molecule has 0 atom stereocenters. The van der Waals surface area contributed by atoms with Crippen LogP contribution in [0.15, 0.2) is 0 Å². The maximum Gasteiger partial charge on any atom is 0.186 e. The minimum atomic E-state index is 0.426. The molecular formula is C12H20N2OS. The van der Waals surface area contributed by atoms with Crippen molar-refractivity contribution >= 4 is 22.8 Å². The highest BCUT2D eigenvalue weighted by atomic mass is 32.1. The molecule has 0 saturated carbocycles. The summed E-state index contributed by atoms with van der Waals surface area (Å²) in [7, 11) is 0. The summed E-state index contributed by atoms with van der Waals surface area (Å²) in [6.07, 6.45) is 2.84. The maximum absolute atomic E-state index is 10.9. The van der Waals surface area contributed by atoms with Crippen molar-refractivity contribution in [3.05, 3.63) is 10.6 Å². The highest BCUT2D eigenvalue weighted by Gasteiger charge is 2.16. The molecule has 0 unspecified atom stereocenters. The van der Waals surface area contributed by atoms with Crippen molar-refractivity contribution < 1.29 is 4.79 Å². The van der Waals surface area contributed by atoms with E-state index in [1.165, 1.54) is 11.3 Å². The first-order valence-corrected chi connectivity index (χ1v) is 6.67. The van der Waals surface area contributed by atoms with Crippen LogP contribution in [0.4, 0.5) is 5.13 Å². The van der Waals surface area contributed by atoms with Gasteiger partial charge in [-0.1, -0.05) is 25.2 Å². The van der Waals surface area contributed by atoms with E-state index in [-0.39, 0.29) is 0 Å². The van der Waals surface area contributed by atoms with Crippen LogP contribution in [0.5, 0.6) is 0 Å². The molecule has 16 heavy (non-hydrogen) atoms. The number of nitrogens with zero attached hydrogens (tertiary/aromatic N) is 2. The predicted molar refractivity (Wildman–Crippen MR) is 69.7 cm³/mol. The topological polar surface area (TPSA) is 33.2 Å². The molecule has 0 amide bonds. The first-order chi connectivity index (χ1) is 7.63. The van der Waals surface area contributed by atoms with E-state index in [4.69, 9.17) is 0 Å². The third kappa shape index (κ3) is 2.82. The van der Waals surface area contributed by atoms with Crippen molar-refractivity contribution in [2.75, 3.05) is 11.4 Å². The van der Waals surface area contributed by atoms with E-state index < -0.39 is 0 Å². The lowest BCUT2D eigenvalue weighted by molar-refractivity contribution is 0.112. The predicted octanol–water partition coefficient (Wildman–Crippen LogP) is 3.14. The van der Waals surface area contributed by atoms with Gasteiger partial charge in [-0.3, -0.25) is 4.79 Å². The summed E-state index contributed by atoms with van der Waals surface area (Å²) in [5, 5.41) is 0.982. The molecule has 1 rings (SSSR count). The molecule has 0 radical (unpaired) electrons. The van der Waals surface area contributed by atoms with Gasteiger partial charge in [-0.2, -0.15) is 0 Å². The van der Waals surface area contributed by atoms with Crippen molar-refractivity contribution in [3.8, 4) is 0 Å². The molecule has 0 N–H and O–H groups in total. The Kier molecular flexibility index (Phi) is 4.93. The van der Waals surface area contributed by atoms with Crippen LogP contribution in [0.2, 0.25) is 0 Å². The number of aryl methyl sites for hydroxylation is 1. The molecule has 0 fully saturated rings.